The molecule has 0 unspecified atom stereocenters. The van der Waals surface area contributed by atoms with E-state index in [0.717, 1.165) is 48.2 Å². The van der Waals surface area contributed by atoms with Gasteiger partial charge >= 0.3 is 0 Å². The average Bonchev–Trinajstić information content (AvgIpc) is 2.70. The van der Waals surface area contributed by atoms with Crippen LogP contribution >= 0.6 is 0 Å². The molecule has 2 amide bonds. The Morgan fingerprint density at radius 2 is 1.61 bits per heavy atom. The number of hydrogen-bond acceptors (Lipinski definition) is 5. The molecule has 7 heteroatoms. The van der Waals surface area contributed by atoms with Crippen LogP contribution in [0.5, 0.6) is 0 Å². The first-order valence-electron chi connectivity index (χ1n) is 12.0. The highest BCUT2D eigenvalue weighted by Crippen LogP contribution is 2.61. The van der Waals surface area contributed by atoms with Gasteiger partial charge in [-0.15, -0.1) is 0 Å². The molecule has 6 rings (SSSR count). The van der Waals surface area contributed by atoms with Crippen molar-refractivity contribution in [3.05, 3.63) is 17.6 Å². The second-order valence-corrected chi connectivity index (χ2v) is 10.7. The monoisotopic (exact) mass is 425 g/mol. The molecular formula is C24H35N5O2. The predicted octanol–water partition coefficient (Wildman–Crippen LogP) is 2.46. The Bertz CT molecular complexity index is 806. The Morgan fingerprint density at radius 1 is 1.00 bits per heavy atom. The van der Waals surface area contributed by atoms with Crippen LogP contribution in [0.25, 0.3) is 0 Å². The molecule has 168 valence electrons. The molecule has 0 atom stereocenters. The number of anilines is 1. The van der Waals surface area contributed by atoms with E-state index < -0.39 is 0 Å². The van der Waals surface area contributed by atoms with Crippen molar-refractivity contribution in [2.45, 2.75) is 58.8 Å². The van der Waals surface area contributed by atoms with Crippen molar-refractivity contribution in [1.29, 1.82) is 0 Å². The molecule has 7 nitrogen and oxygen atoms in total. The maximum Gasteiger partial charge on any atom is 0.242 e. The minimum Gasteiger partial charge on any atom is -0.353 e. The standard InChI is InChI=1S/C24H35N5O2/c1-16-7-21(27-17(2)26-16)28-3-5-29(6-4-28)23(31)15-25-22(30)14-24-11-18-8-19(12-24)10-20(9-18)13-24/h7,18-20H,3-6,8-15H2,1-2H3,(H,25,30). The summed E-state index contributed by atoms with van der Waals surface area (Å²) in [5, 5.41) is 2.95. The Hall–Kier alpha value is -2.18. The number of carbonyl (C=O) groups is 2. The van der Waals surface area contributed by atoms with Crippen molar-refractivity contribution in [2.24, 2.45) is 23.2 Å². The van der Waals surface area contributed by atoms with E-state index in [4.69, 9.17) is 0 Å². The highest BCUT2D eigenvalue weighted by Gasteiger charge is 2.51. The Labute approximate surface area is 185 Å². The van der Waals surface area contributed by atoms with E-state index in [1.54, 1.807) is 0 Å². The van der Waals surface area contributed by atoms with Gasteiger partial charge in [-0.25, -0.2) is 9.97 Å². The Balaban J connectivity index is 1.09. The van der Waals surface area contributed by atoms with Crippen LogP contribution in [0.3, 0.4) is 0 Å². The van der Waals surface area contributed by atoms with Crippen molar-refractivity contribution >= 4 is 17.6 Å². The van der Waals surface area contributed by atoms with Gasteiger partial charge in [-0.3, -0.25) is 9.59 Å². The average molecular weight is 426 g/mol. The second kappa shape index (κ2) is 8.06. The van der Waals surface area contributed by atoms with Crippen molar-refractivity contribution in [2.75, 3.05) is 37.6 Å². The topological polar surface area (TPSA) is 78.4 Å². The lowest BCUT2D eigenvalue weighted by atomic mass is 9.49. The minimum absolute atomic E-state index is 0.0218. The zero-order valence-electron chi connectivity index (χ0n) is 18.9. The van der Waals surface area contributed by atoms with Gasteiger partial charge in [-0.05, 0) is 75.5 Å². The van der Waals surface area contributed by atoms with Gasteiger partial charge in [0.25, 0.3) is 0 Å². The van der Waals surface area contributed by atoms with E-state index in [1.165, 1.54) is 38.5 Å². The molecule has 0 aromatic carbocycles. The summed E-state index contributed by atoms with van der Waals surface area (Å²) in [7, 11) is 0. The number of amides is 2. The van der Waals surface area contributed by atoms with E-state index in [2.05, 4.69) is 20.2 Å². The summed E-state index contributed by atoms with van der Waals surface area (Å²) in [6, 6.07) is 2.00. The summed E-state index contributed by atoms with van der Waals surface area (Å²) in [5.41, 5.74) is 1.18. The van der Waals surface area contributed by atoms with Crippen LogP contribution in [-0.4, -0.2) is 59.4 Å². The SMILES string of the molecule is Cc1cc(N2CCN(C(=O)CNC(=O)CC34CC5CC(CC(C5)C3)C4)CC2)nc(C)n1. The van der Waals surface area contributed by atoms with Crippen LogP contribution in [0.1, 0.15) is 56.5 Å². The van der Waals surface area contributed by atoms with E-state index in [1.807, 2.05) is 24.8 Å². The summed E-state index contributed by atoms with van der Waals surface area (Å²) in [6.07, 6.45) is 8.46. The Kier molecular flexibility index (Phi) is 5.39. The molecule has 1 N–H and O–H groups in total. The fourth-order valence-electron chi connectivity index (χ4n) is 7.24. The van der Waals surface area contributed by atoms with E-state index in [-0.39, 0.29) is 23.8 Å². The van der Waals surface area contributed by atoms with Crippen molar-refractivity contribution in [3.8, 4) is 0 Å². The first-order valence-corrected chi connectivity index (χ1v) is 12.0. The summed E-state index contributed by atoms with van der Waals surface area (Å²) in [5.74, 6) is 4.34. The van der Waals surface area contributed by atoms with Gasteiger partial charge in [-0.1, -0.05) is 0 Å². The zero-order chi connectivity index (χ0) is 21.6. The lowest BCUT2D eigenvalue weighted by Gasteiger charge is -2.56. The third kappa shape index (κ3) is 4.41. The molecule has 31 heavy (non-hydrogen) atoms. The van der Waals surface area contributed by atoms with E-state index in [0.29, 0.717) is 19.5 Å². The number of piperazine rings is 1. The molecule has 4 bridgehead atoms. The number of nitrogens with one attached hydrogen (secondary N) is 1. The molecule has 1 saturated heterocycles. The third-order valence-corrected chi connectivity index (χ3v) is 8.05. The minimum atomic E-state index is 0.0218. The van der Waals surface area contributed by atoms with Crippen LogP contribution < -0.4 is 10.2 Å². The number of aromatic nitrogens is 2. The summed E-state index contributed by atoms with van der Waals surface area (Å²) in [4.78, 5) is 38.3. The maximum atomic E-state index is 12.7. The number of hydrogen-bond donors (Lipinski definition) is 1. The highest BCUT2D eigenvalue weighted by atomic mass is 16.2. The first kappa shape index (κ1) is 20.7. The largest absolute Gasteiger partial charge is 0.353 e. The predicted molar refractivity (Wildman–Crippen MR) is 119 cm³/mol. The van der Waals surface area contributed by atoms with Crippen molar-refractivity contribution < 1.29 is 9.59 Å². The first-order chi connectivity index (χ1) is 14.9. The summed E-state index contributed by atoms with van der Waals surface area (Å²) in [6.45, 7) is 6.83. The molecule has 4 aliphatic carbocycles. The molecule has 5 aliphatic rings. The van der Waals surface area contributed by atoms with Crippen molar-refractivity contribution in [1.82, 2.24) is 20.2 Å². The molecule has 1 aromatic rings. The van der Waals surface area contributed by atoms with Crippen LogP contribution in [0.15, 0.2) is 6.07 Å². The van der Waals surface area contributed by atoms with Gasteiger partial charge in [-0.2, -0.15) is 0 Å². The van der Waals surface area contributed by atoms with Gasteiger partial charge in [0.1, 0.15) is 11.6 Å². The van der Waals surface area contributed by atoms with Gasteiger partial charge in [0.2, 0.25) is 11.8 Å². The molecule has 2 heterocycles. The second-order valence-electron chi connectivity index (χ2n) is 10.7. The van der Waals surface area contributed by atoms with E-state index >= 15 is 0 Å². The molecule has 5 fully saturated rings. The van der Waals surface area contributed by atoms with Crippen LogP contribution in [0, 0.1) is 37.0 Å². The quantitative estimate of drug-likeness (QED) is 0.784. The lowest BCUT2D eigenvalue weighted by Crippen LogP contribution is -2.52. The van der Waals surface area contributed by atoms with E-state index in [9.17, 15) is 9.59 Å². The smallest absolute Gasteiger partial charge is 0.242 e. The van der Waals surface area contributed by atoms with Gasteiger partial charge < -0.3 is 15.1 Å². The zero-order valence-corrected chi connectivity index (χ0v) is 18.9. The molecular weight excluding hydrogens is 390 g/mol. The Morgan fingerprint density at radius 3 is 2.19 bits per heavy atom. The number of aryl methyl sites for hydroxylation is 2. The van der Waals surface area contributed by atoms with Crippen LogP contribution in [-0.2, 0) is 9.59 Å². The number of carbonyl (C=O) groups excluding carboxylic acids is 2. The van der Waals surface area contributed by atoms with Crippen LogP contribution in [0.4, 0.5) is 5.82 Å². The number of nitrogens with zero attached hydrogens (tertiary/aromatic N) is 4. The fraction of sp³-hybridized carbons (Fsp3) is 0.750. The van der Waals surface area contributed by atoms with Gasteiger partial charge in [0.15, 0.2) is 0 Å². The maximum absolute atomic E-state index is 12.7. The number of rotatable bonds is 5. The summed E-state index contributed by atoms with van der Waals surface area (Å²) >= 11 is 0. The molecule has 1 aromatic heterocycles. The molecule has 1 aliphatic heterocycles. The lowest BCUT2D eigenvalue weighted by molar-refractivity contribution is -0.135. The molecule has 4 saturated carbocycles. The molecule has 0 spiro atoms. The highest BCUT2D eigenvalue weighted by molar-refractivity contribution is 5.85. The third-order valence-electron chi connectivity index (χ3n) is 8.05. The summed E-state index contributed by atoms with van der Waals surface area (Å²) < 4.78 is 0. The van der Waals surface area contributed by atoms with Crippen LogP contribution in [0.2, 0.25) is 0 Å². The van der Waals surface area contributed by atoms with Gasteiger partial charge in [0.05, 0.1) is 6.54 Å². The molecule has 0 radical (unpaired) electrons. The normalized spacial score (nSPS) is 31.7. The fourth-order valence-corrected chi connectivity index (χ4v) is 7.24. The van der Waals surface area contributed by atoms with Gasteiger partial charge in [0, 0.05) is 44.4 Å². The van der Waals surface area contributed by atoms with Crippen molar-refractivity contribution in [3.63, 3.8) is 0 Å².